The molecule has 6 nitrogen and oxygen atoms in total. The predicted octanol–water partition coefficient (Wildman–Crippen LogP) is 5.13. The number of benzene rings is 2. The van der Waals surface area contributed by atoms with Gasteiger partial charge < -0.3 is 19.1 Å². The molecular weight excluding hydrogens is 418 g/mol. The van der Waals surface area contributed by atoms with Gasteiger partial charge in [0.1, 0.15) is 11.4 Å². The lowest BCUT2D eigenvalue weighted by Crippen LogP contribution is -2.35. The lowest BCUT2D eigenvalue weighted by molar-refractivity contribution is -0.140. The fourth-order valence-electron chi connectivity index (χ4n) is 3.72. The van der Waals surface area contributed by atoms with E-state index in [1.54, 1.807) is 44.1 Å². The Balaban J connectivity index is 2.13. The van der Waals surface area contributed by atoms with Crippen molar-refractivity contribution in [2.24, 2.45) is 5.92 Å². The van der Waals surface area contributed by atoms with Crippen LogP contribution in [-0.4, -0.2) is 32.3 Å². The van der Waals surface area contributed by atoms with Crippen molar-refractivity contribution in [2.75, 3.05) is 25.2 Å². The van der Waals surface area contributed by atoms with Crippen LogP contribution in [0, 0.1) is 5.92 Å². The highest BCUT2D eigenvalue weighted by atomic mass is 16.5. The average Bonchev–Trinajstić information content (AvgIpc) is 2.83. The molecule has 33 heavy (non-hydrogen) atoms. The van der Waals surface area contributed by atoms with Crippen LogP contribution in [0.3, 0.4) is 0 Å². The summed E-state index contributed by atoms with van der Waals surface area (Å²) in [5.74, 6) is -0.657. The summed E-state index contributed by atoms with van der Waals surface area (Å²) < 4.78 is 16.0. The molecule has 0 saturated carbocycles. The largest absolute Gasteiger partial charge is 0.497 e. The Morgan fingerprint density at radius 3 is 2.18 bits per heavy atom. The zero-order valence-electron chi connectivity index (χ0n) is 19.4. The lowest BCUT2D eigenvalue weighted by Gasteiger charge is -2.34. The van der Waals surface area contributed by atoms with Crippen LogP contribution in [0.4, 0.5) is 5.69 Å². The first kappa shape index (κ1) is 23.9. The topological polar surface area (TPSA) is 65.1 Å². The number of carbonyl (C=O) groups excluding carboxylic acids is 2. The van der Waals surface area contributed by atoms with Crippen molar-refractivity contribution in [3.63, 3.8) is 0 Å². The van der Waals surface area contributed by atoms with Gasteiger partial charge in [-0.3, -0.25) is 0 Å². The van der Waals surface area contributed by atoms with Gasteiger partial charge >= 0.3 is 11.9 Å². The fourth-order valence-corrected chi connectivity index (χ4v) is 3.72. The van der Waals surface area contributed by atoms with E-state index in [9.17, 15) is 9.59 Å². The molecular formula is C27H29NO5. The second-order valence-electron chi connectivity index (χ2n) is 7.32. The van der Waals surface area contributed by atoms with Gasteiger partial charge in [-0.25, -0.2) is 9.59 Å². The van der Waals surface area contributed by atoms with Crippen molar-refractivity contribution in [3.8, 4) is 5.75 Å². The second-order valence-corrected chi connectivity index (χ2v) is 7.32. The molecule has 172 valence electrons. The standard InChI is InChI=1S/C27H29NO5/c1-5-32-26(29)24-18-21(13-12-20-10-8-7-9-11-20)25(27(30)33-6-2)19(3)28(24)22-14-16-23(31-4)17-15-22/h7-18,21H,5-6H2,1-4H3/b13-12+. The molecule has 0 aliphatic carbocycles. The van der Waals surface area contributed by atoms with Gasteiger partial charge in [0.25, 0.3) is 0 Å². The second kappa shape index (κ2) is 11.2. The van der Waals surface area contributed by atoms with Gasteiger partial charge in [-0.15, -0.1) is 0 Å². The molecule has 1 heterocycles. The maximum Gasteiger partial charge on any atom is 0.355 e. The zero-order valence-corrected chi connectivity index (χ0v) is 19.4. The first-order chi connectivity index (χ1) is 16.0. The summed E-state index contributed by atoms with van der Waals surface area (Å²) in [6.07, 6.45) is 5.58. The van der Waals surface area contributed by atoms with Crippen molar-refractivity contribution >= 4 is 23.7 Å². The number of allylic oxidation sites excluding steroid dienone is 3. The molecule has 0 radical (unpaired) electrons. The van der Waals surface area contributed by atoms with Crippen LogP contribution < -0.4 is 9.64 Å². The number of anilines is 1. The quantitative estimate of drug-likeness (QED) is 0.523. The van der Waals surface area contributed by atoms with E-state index < -0.39 is 17.9 Å². The highest BCUT2D eigenvalue weighted by molar-refractivity contribution is 5.99. The molecule has 3 rings (SSSR count). The molecule has 2 aromatic rings. The number of ether oxygens (including phenoxy) is 3. The normalized spacial score (nSPS) is 15.9. The number of rotatable bonds is 8. The number of hydrogen-bond donors (Lipinski definition) is 0. The maximum atomic E-state index is 13.0. The molecule has 1 unspecified atom stereocenters. The Kier molecular flexibility index (Phi) is 8.08. The molecule has 2 aromatic carbocycles. The van der Waals surface area contributed by atoms with Crippen LogP contribution in [0.25, 0.3) is 6.08 Å². The van der Waals surface area contributed by atoms with E-state index in [4.69, 9.17) is 14.2 Å². The molecule has 1 atom stereocenters. The van der Waals surface area contributed by atoms with Gasteiger partial charge in [0.15, 0.2) is 0 Å². The Labute approximate surface area is 194 Å². The van der Waals surface area contributed by atoms with Gasteiger partial charge in [-0.05, 0) is 56.7 Å². The maximum absolute atomic E-state index is 13.0. The number of hydrogen-bond acceptors (Lipinski definition) is 6. The average molecular weight is 448 g/mol. The summed E-state index contributed by atoms with van der Waals surface area (Å²) in [7, 11) is 1.59. The van der Waals surface area contributed by atoms with E-state index in [1.807, 2.05) is 61.5 Å². The van der Waals surface area contributed by atoms with Crippen LogP contribution in [0.1, 0.15) is 26.3 Å². The summed E-state index contributed by atoms with van der Waals surface area (Å²) >= 11 is 0. The molecule has 6 heteroatoms. The van der Waals surface area contributed by atoms with Crippen molar-refractivity contribution in [1.82, 2.24) is 0 Å². The van der Waals surface area contributed by atoms with Gasteiger partial charge in [0, 0.05) is 17.3 Å². The summed E-state index contributed by atoms with van der Waals surface area (Å²) in [6, 6.07) is 17.0. The van der Waals surface area contributed by atoms with Crippen molar-refractivity contribution < 1.29 is 23.8 Å². The van der Waals surface area contributed by atoms with Crippen LogP contribution >= 0.6 is 0 Å². The zero-order chi connectivity index (χ0) is 23.8. The van der Waals surface area contributed by atoms with Crippen LogP contribution in [0.15, 0.2) is 83.7 Å². The summed E-state index contributed by atoms with van der Waals surface area (Å²) in [6.45, 7) is 5.84. The van der Waals surface area contributed by atoms with Crippen molar-refractivity contribution in [2.45, 2.75) is 20.8 Å². The Morgan fingerprint density at radius 2 is 1.58 bits per heavy atom. The first-order valence-corrected chi connectivity index (χ1v) is 10.9. The first-order valence-electron chi connectivity index (χ1n) is 10.9. The fraction of sp³-hybridized carbons (Fsp3) is 0.259. The SMILES string of the molecule is CCOC(=O)C1=CC(/C=C/c2ccccc2)C(C(=O)OCC)=C(C)N1c1ccc(OC)cc1. The van der Waals surface area contributed by atoms with Gasteiger partial charge in [-0.1, -0.05) is 42.5 Å². The van der Waals surface area contributed by atoms with E-state index in [1.165, 1.54) is 0 Å². The molecule has 0 N–H and O–H groups in total. The Bertz CT molecular complexity index is 1070. The third kappa shape index (κ3) is 5.52. The van der Waals surface area contributed by atoms with Gasteiger partial charge in [0.05, 0.1) is 25.9 Å². The minimum atomic E-state index is -0.464. The van der Waals surface area contributed by atoms with Crippen molar-refractivity contribution in [3.05, 3.63) is 89.3 Å². The number of nitrogens with zero attached hydrogens (tertiary/aromatic N) is 1. The number of methoxy groups -OCH3 is 1. The van der Waals surface area contributed by atoms with Crippen LogP contribution in [0.2, 0.25) is 0 Å². The van der Waals surface area contributed by atoms with E-state index in [0.717, 1.165) is 5.56 Å². The van der Waals surface area contributed by atoms with Gasteiger partial charge in [0.2, 0.25) is 0 Å². The van der Waals surface area contributed by atoms with Crippen LogP contribution in [0.5, 0.6) is 5.75 Å². The highest BCUT2D eigenvalue weighted by Gasteiger charge is 2.34. The summed E-state index contributed by atoms with van der Waals surface area (Å²) in [5, 5.41) is 0. The third-order valence-electron chi connectivity index (χ3n) is 5.24. The minimum Gasteiger partial charge on any atom is -0.497 e. The molecule has 0 aromatic heterocycles. The molecule has 0 amide bonds. The molecule has 0 bridgehead atoms. The summed E-state index contributed by atoms with van der Waals surface area (Å²) in [4.78, 5) is 27.7. The minimum absolute atomic E-state index is 0.241. The summed E-state index contributed by atoms with van der Waals surface area (Å²) in [5.41, 5.74) is 3.11. The van der Waals surface area contributed by atoms with Gasteiger partial charge in [-0.2, -0.15) is 0 Å². The molecule has 0 spiro atoms. The number of esters is 2. The molecule has 1 aliphatic rings. The highest BCUT2D eigenvalue weighted by Crippen LogP contribution is 2.37. The van der Waals surface area contributed by atoms with E-state index in [-0.39, 0.29) is 13.2 Å². The van der Waals surface area contributed by atoms with E-state index >= 15 is 0 Å². The molecule has 0 saturated heterocycles. The number of carbonyl (C=O) groups is 2. The monoisotopic (exact) mass is 447 g/mol. The third-order valence-corrected chi connectivity index (χ3v) is 5.24. The van der Waals surface area contributed by atoms with Crippen molar-refractivity contribution in [1.29, 1.82) is 0 Å². The Hall–Kier alpha value is -3.80. The molecule has 1 aliphatic heterocycles. The smallest absolute Gasteiger partial charge is 0.355 e. The van der Waals surface area contributed by atoms with E-state index in [2.05, 4.69) is 0 Å². The Morgan fingerprint density at radius 1 is 0.939 bits per heavy atom. The van der Waals surface area contributed by atoms with Crippen LogP contribution in [-0.2, 0) is 19.1 Å². The lowest BCUT2D eigenvalue weighted by atomic mass is 9.90. The molecule has 0 fully saturated rings. The predicted molar refractivity (Wildman–Crippen MR) is 128 cm³/mol. The van der Waals surface area contributed by atoms with E-state index in [0.29, 0.717) is 28.4 Å².